The topological polar surface area (TPSA) is 108 Å². The third-order valence-electron chi connectivity index (χ3n) is 4.51. The maximum absolute atomic E-state index is 12.5. The molecule has 0 atom stereocenters. The fourth-order valence-electron chi connectivity index (χ4n) is 3.22. The molecule has 0 fully saturated rings. The van der Waals surface area contributed by atoms with Crippen molar-refractivity contribution in [2.24, 2.45) is 0 Å². The van der Waals surface area contributed by atoms with Gasteiger partial charge in [-0.25, -0.2) is 9.48 Å². The van der Waals surface area contributed by atoms with E-state index >= 15 is 0 Å². The van der Waals surface area contributed by atoms with Crippen LogP contribution in [0.15, 0.2) is 33.6 Å². The quantitative estimate of drug-likeness (QED) is 0.752. The second-order valence-corrected chi connectivity index (χ2v) is 6.58. The van der Waals surface area contributed by atoms with Crippen LogP contribution in [0.25, 0.3) is 11.4 Å². The standard InChI is InChI=1S/C18H20N6O3/c1-12-19-17(22-27-12)13-6-5-7-14(10-13)20-16(25)11-24-18(26)23-9-4-2-3-8-15(23)21-24/h5-7,10H,2-4,8-9,11H2,1H3,(H,20,25). The molecule has 1 N–H and O–H groups in total. The number of nitrogens with one attached hydrogen (secondary N) is 1. The molecule has 3 heterocycles. The van der Waals surface area contributed by atoms with E-state index in [1.54, 1.807) is 29.7 Å². The summed E-state index contributed by atoms with van der Waals surface area (Å²) in [5, 5.41) is 11.0. The van der Waals surface area contributed by atoms with Crippen LogP contribution in [-0.2, 0) is 24.3 Å². The lowest BCUT2D eigenvalue weighted by molar-refractivity contribution is -0.117. The van der Waals surface area contributed by atoms with E-state index in [0.29, 0.717) is 23.9 Å². The molecule has 1 aliphatic rings. The Labute approximate surface area is 155 Å². The smallest absolute Gasteiger partial charge is 0.339 e. The first kappa shape index (κ1) is 17.2. The number of hydrogen-bond donors (Lipinski definition) is 1. The summed E-state index contributed by atoms with van der Waals surface area (Å²) in [6.07, 6.45) is 3.85. The predicted molar refractivity (Wildman–Crippen MR) is 97.1 cm³/mol. The predicted octanol–water partition coefficient (Wildman–Crippen LogP) is 1.77. The van der Waals surface area contributed by atoms with Crippen molar-refractivity contribution in [2.75, 3.05) is 5.32 Å². The first-order valence-corrected chi connectivity index (χ1v) is 8.97. The molecule has 9 nitrogen and oxygen atoms in total. The molecule has 0 saturated carbocycles. The van der Waals surface area contributed by atoms with Gasteiger partial charge in [0.1, 0.15) is 12.4 Å². The number of rotatable bonds is 4. The maximum atomic E-state index is 12.5. The lowest BCUT2D eigenvalue weighted by atomic mass is 10.2. The van der Waals surface area contributed by atoms with Gasteiger partial charge in [-0.1, -0.05) is 23.7 Å². The molecule has 0 aliphatic carbocycles. The summed E-state index contributed by atoms with van der Waals surface area (Å²) in [5.74, 6) is 1.38. The molecule has 4 rings (SSSR count). The van der Waals surface area contributed by atoms with Crippen molar-refractivity contribution in [1.82, 2.24) is 24.5 Å². The summed E-state index contributed by atoms with van der Waals surface area (Å²) in [4.78, 5) is 29.0. The van der Waals surface area contributed by atoms with Gasteiger partial charge in [0.05, 0.1) is 0 Å². The van der Waals surface area contributed by atoms with Gasteiger partial charge in [0.15, 0.2) is 0 Å². The molecule has 9 heteroatoms. The molecule has 2 aromatic heterocycles. The lowest BCUT2D eigenvalue weighted by Gasteiger charge is -2.06. The van der Waals surface area contributed by atoms with Crippen LogP contribution in [0.3, 0.4) is 0 Å². The Bertz CT molecular complexity index is 1030. The molecule has 0 radical (unpaired) electrons. The van der Waals surface area contributed by atoms with Crippen LogP contribution < -0.4 is 11.0 Å². The number of amides is 1. The van der Waals surface area contributed by atoms with E-state index in [1.165, 1.54) is 4.68 Å². The zero-order valence-corrected chi connectivity index (χ0v) is 15.0. The van der Waals surface area contributed by atoms with Gasteiger partial charge < -0.3 is 9.84 Å². The summed E-state index contributed by atoms with van der Waals surface area (Å²) in [6, 6.07) is 7.14. The largest absolute Gasteiger partial charge is 0.346 e. The van der Waals surface area contributed by atoms with Crippen LogP contribution in [-0.4, -0.2) is 30.4 Å². The highest BCUT2D eigenvalue weighted by Gasteiger charge is 2.17. The number of anilines is 1. The van der Waals surface area contributed by atoms with E-state index < -0.39 is 0 Å². The Balaban J connectivity index is 1.48. The second-order valence-electron chi connectivity index (χ2n) is 6.58. The monoisotopic (exact) mass is 368 g/mol. The Morgan fingerprint density at radius 2 is 2.19 bits per heavy atom. The Kier molecular flexibility index (Phi) is 4.57. The van der Waals surface area contributed by atoms with Gasteiger partial charge in [0.25, 0.3) is 0 Å². The number of fused-ring (bicyclic) bond motifs is 1. The van der Waals surface area contributed by atoms with Gasteiger partial charge in [-0.15, -0.1) is 0 Å². The number of nitrogens with zero attached hydrogens (tertiary/aromatic N) is 5. The van der Waals surface area contributed by atoms with Gasteiger partial charge >= 0.3 is 5.69 Å². The van der Waals surface area contributed by atoms with Crippen molar-refractivity contribution in [1.29, 1.82) is 0 Å². The molecular formula is C18H20N6O3. The summed E-state index contributed by atoms with van der Waals surface area (Å²) in [7, 11) is 0. The molecule has 0 unspecified atom stereocenters. The summed E-state index contributed by atoms with van der Waals surface area (Å²) in [5.41, 5.74) is 1.10. The number of benzene rings is 1. The number of hydrogen-bond acceptors (Lipinski definition) is 6. The van der Waals surface area contributed by atoms with E-state index in [4.69, 9.17) is 4.52 Å². The average Bonchev–Trinajstić information content (AvgIpc) is 3.11. The van der Waals surface area contributed by atoms with Crippen LogP contribution in [0, 0.1) is 6.92 Å². The minimum Gasteiger partial charge on any atom is -0.339 e. The minimum absolute atomic E-state index is 0.121. The zero-order chi connectivity index (χ0) is 18.8. The van der Waals surface area contributed by atoms with Crippen molar-refractivity contribution < 1.29 is 9.32 Å². The zero-order valence-electron chi connectivity index (χ0n) is 15.0. The maximum Gasteiger partial charge on any atom is 0.346 e. The Hall–Kier alpha value is -3.23. The molecule has 27 heavy (non-hydrogen) atoms. The number of carbonyl (C=O) groups excluding carboxylic acids is 1. The van der Waals surface area contributed by atoms with Crippen molar-refractivity contribution in [3.05, 3.63) is 46.5 Å². The molecule has 1 amide bonds. The normalized spacial score (nSPS) is 13.8. The van der Waals surface area contributed by atoms with E-state index in [0.717, 1.165) is 37.1 Å². The summed E-state index contributed by atoms with van der Waals surface area (Å²) in [6.45, 7) is 2.26. The van der Waals surface area contributed by atoms with Gasteiger partial charge in [0.2, 0.25) is 17.6 Å². The first-order valence-electron chi connectivity index (χ1n) is 8.97. The minimum atomic E-state index is -0.313. The highest BCUT2D eigenvalue weighted by atomic mass is 16.5. The molecule has 1 aromatic carbocycles. The van der Waals surface area contributed by atoms with E-state index in [9.17, 15) is 9.59 Å². The van der Waals surface area contributed by atoms with Crippen LogP contribution in [0.4, 0.5) is 5.69 Å². The van der Waals surface area contributed by atoms with Crippen LogP contribution >= 0.6 is 0 Å². The number of aryl methyl sites for hydroxylation is 2. The van der Waals surface area contributed by atoms with Crippen LogP contribution in [0.1, 0.15) is 31.0 Å². The Morgan fingerprint density at radius 1 is 1.30 bits per heavy atom. The first-order chi connectivity index (χ1) is 13.1. The highest BCUT2D eigenvalue weighted by Crippen LogP contribution is 2.20. The van der Waals surface area contributed by atoms with Gasteiger partial charge in [-0.2, -0.15) is 10.1 Å². The van der Waals surface area contributed by atoms with Crippen molar-refractivity contribution in [3.8, 4) is 11.4 Å². The fourth-order valence-corrected chi connectivity index (χ4v) is 3.22. The Morgan fingerprint density at radius 3 is 3.00 bits per heavy atom. The molecule has 3 aromatic rings. The van der Waals surface area contributed by atoms with E-state index in [2.05, 4.69) is 20.6 Å². The average molecular weight is 368 g/mol. The molecule has 140 valence electrons. The fraction of sp³-hybridized carbons (Fsp3) is 0.389. The van der Waals surface area contributed by atoms with Crippen molar-refractivity contribution in [3.63, 3.8) is 0 Å². The van der Waals surface area contributed by atoms with E-state index in [1.807, 2.05) is 6.07 Å². The van der Waals surface area contributed by atoms with Crippen molar-refractivity contribution >= 4 is 11.6 Å². The van der Waals surface area contributed by atoms with Gasteiger partial charge in [-0.3, -0.25) is 9.36 Å². The number of aromatic nitrogens is 5. The third-order valence-corrected chi connectivity index (χ3v) is 4.51. The third kappa shape index (κ3) is 3.67. The lowest BCUT2D eigenvalue weighted by Crippen LogP contribution is -2.30. The summed E-state index contributed by atoms with van der Waals surface area (Å²) < 4.78 is 7.90. The molecule has 0 bridgehead atoms. The van der Waals surface area contributed by atoms with Crippen LogP contribution in [0.5, 0.6) is 0 Å². The van der Waals surface area contributed by atoms with Crippen molar-refractivity contribution in [2.45, 2.75) is 45.7 Å². The summed E-state index contributed by atoms with van der Waals surface area (Å²) >= 11 is 0. The van der Waals surface area contributed by atoms with Gasteiger partial charge in [-0.05, 0) is 25.0 Å². The molecular weight excluding hydrogens is 348 g/mol. The van der Waals surface area contributed by atoms with E-state index in [-0.39, 0.29) is 18.1 Å². The molecule has 1 aliphatic heterocycles. The highest BCUT2D eigenvalue weighted by molar-refractivity contribution is 5.91. The van der Waals surface area contributed by atoms with Crippen LogP contribution in [0.2, 0.25) is 0 Å². The molecule has 0 saturated heterocycles. The SMILES string of the molecule is Cc1nc(-c2cccc(NC(=O)Cn3nc4n(c3=O)CCCCC4)c2)no1. The molecule has 0 spiro atoms. The van der Waals surface area contributed by atoms with Gasteiger partial charge in [0, 0.05) is 31.1 Å². The number of carbonyl (C=O) groups is 1. The second kappa shape index (κ2) is 7.18.